The van der Waals surface area contributed by atoms with Crippen molar-refractivity contribution in [3.8, 4) is 5.75 Å². The number of hydrogen-bond donors (Lipinski definition) is 5. The van der Waals surface area contributed by atoms with Crippen molar-refractivity contribution in [1.29, 1.82) is 0 Å². The lowest BCUT2D eigenvalue weighted by molar-refractivity contribution is -0.125. The summed E-state index contributed by atoms with van der Waals surface area (Å²) in [5.41, 5.74) is 5.70. The molecular formula is C29H38N4O4. The van der Waals surface area contributed by atoms with Gasteiger partial charge in [0.2, 0.25) is 5.91 Å². The van der Waals surface area contributed by atoms with E-state index >= 15 is 0 Å². The van der Waals surface area contributed by atoms with Gasteiger partial charge in [0.05, 0.1) is 23.9 Å². The summed E-state index contributed by atoms with van der Waals surface area (Å²) in [5, 5.41) is 18.6. The van der Waals surface area contributed by atoms with E-state index in [1.807, 2.05) is 19.2 Å². The summed E-state index contributed by atoms with van der Waals surface area (Å²) in [5.74, 6) is 1.13. The number of carbonyl (C=O) groups excluding carboxylic acids is 2. The molecule has 2 amide bonds. The minimum absolute atomic E-state index is 0.0508. The Labute approximate surface area is 218 Å². The summed E-state index contributed by atoms with van der Waals surface area (Å²) < 4.78 is 6.27. The summed E-state index contributed by atoms with van der Waals surface area (Å²) in [7, 11) is 0. The summed E-state index contributed by atoms with van der Waals surface area (Å²) in [6.45, 7) is 4.37. The van der Waals surface area contributed by atoms with Crippen LogP contribution in [-0.2, 0) is 16.0 Å². The topological polar surface area (TPSA) is 115 Å². The van der Waals surface area contributed by atoms with E-state index in [2.05, 4.69) is 46.1 Å². The number of aliphatic hydroxyl groups is 1. The third-order valence-corrected chi connectivity index (χ3v) is 7.84. The molecule has 3 aliphatic rings. The fourth-order valence-corrected chi connectivity index (χ4v) is 5.50. The molecule has 2 aromatic rings. The number of amides is 2. The molecule has 1 unspecified atom stereocenters. The Morgan fingerprint density at radius 1 is 1.03 bits per heavy atom. The Morgan fingerprint density at radius 3 is 2.43 bits per heavy atom. The quantitative estimate of drug-likeness (QED) is 0.358. The first-order chi connectivity index (χ1) is 18.0. The largest absolute Gasteiger partial charge is 0.493 e. The van der Waals surface area contributed by atoms with Gasteiger partial charge in [-0.1, -0.05) is 13.0 Å². The van der Waals surface area contributed by atoms with Crippen LogP contribution in [0.15, 0.2) is 36.2 Å². The second kappa shape index (κ2) is 11.0. The summed E-state index contributed by atoms with van der Waals surface area (Å²) in [4.78, 5) is 28.3. The molecule has 2 aliphatic carbocycles. The number of rotatable bonds is 9. The number of aromatic nitrogens is 1. The molecule has 2 heterocycles. The lowest BCUT2D eigenvalue weighted by Gasteiger charge is -2.32. The van der Waals surface area contributed by atoms with Crippen molar-refractivity contribution < 1.29 is 19.4 Å². The predicted molar refractivity (Wildman–Crippen MR) is 142 cm³/mol. The van der Waals surface area contributed by atoms with E-state index in [1.54, 1.807) is 0 Å². The first kappa shape index (κ1) is 25.4. The molecule has 0 spiro atoms. The van der Waals surface area contributed by atoms with E-state index < -0.39 is 6.61 Å². The number of aliphatic hydroxyl groups excluding tert-OH is 1. The highest BCUT2D eigenvalue weighted by molar-refractivity contribution is 6.20. The SMILES string of the molecule is CCc1ccc(OCC2CC2)c(C2NC(C)=C(C(=O)NC3CCC(NC(=O)CO)CC3)c3[nH]ccc32)c1. The number of ether oxygens (including phenoxy) is 1. The van der Waals surface area contributed by atoms with Crippen molar-refractivity contribution in [2.45, 2.75) is 76.9 Å². The smallest absolute Gasteiger partial charge is 0.255 e. The van der Waals surface area contributed by atoms with Crippen molar-refractivity contribution in [3.05, 3.63) is 58.5 Å². The number of nitrogens with one attached hydrogen (secondary N) is 4. The molecule has 0 radical (unpaired) electrons. The van der Waals surface area contributed by atoms with E-state index in [-0.39, 0.29) is 29.9 Å². The zero-order valence-corrected chi connectivity index (χ0v) is 21.7. The highest BCUT2D eigenvalue weighted by Crippen LogP contribution is 2.40. The second-order valence-corrected chi connectivity index (χ2v) is 10.6. The number of carbonyl (C=O) groups is 2. The van der Waals surface area contributed by atoms with Crippen LogP contribution in [0, 0.1) is 5.92 Å². The molecule has 5 N–H and O–H groups in total. The zero-order chi connectivity index (χ0) is 25.9. The van der Waals surface area contributed by atoms with Gasteiger partial charge in [0.25, 0.3) is 5.91 Å². The van der Waals surface area contributed by atoms with Crippen molar-refractivity contribution in [3.63, 3.8) is 0 Å². The van der Waals surface area contributed by atoms with Crippen LogP contribution in [0.25, 0.3) is 5.57 Å². The minimum atomic E-state index is -0.493. The van der Waals surface area contributed by atoms with Crippen LogP contribution in [0.2, 0.25) is 0 Å². The van der Waals surface area contributed by atoms with Crippen molar-refractivity contribution in [2.24, 2.45) is 5.92 Å². The Morgan fingerprint density at radius 2 is 1.76 bits per heavy atom. The monoisotopic (exact) mass is 506 g/mol. The van der Waals surface area contributed by atoms with E-state index in [1.165, 1.54) is 18.4 Å². The van der Waals surface area contributed by atoms with Gasteiger partial charge in [-0.25, -0.2) is 0 Å². The predicted octanol–water partition coefficient (Wildman–Crippen LogP) is 3.33. The molecule has 37 heavy (non-hydrogen) atoms. The average Bonchev–Trinajstić information content (AvgIpc) is 3.62. The highest BCUT2D eigenvalue weighted by Gasteiger charge is 2.33. The van der Waals surface area contributed by atoms with Gasteiger partial charge in [-0.2, -0.15) is 0 Å². The van der Waals surface area contributed by atoms with E-state index in [0.29, 0.717) is 11.5 Å². The summed E-state index contributed by atoms with van der Waals surface area (Å²) >= 11 is 0. The highest BCUT2D eigenvalue weighted by atomic mass is 16.5. The number of aryl methyl sites for hydroxylation is 1. The number of H-pyrrole nitrogens is 1. The van der Waals surface area contributed by atoms with Crippen LogP contribution in [0.3, 0.4) is 0 Å². The standard InChI is InChI=1S/C29H38N4O4/c1-3-18-6-11-24(37-16-19-4-5-19)23(14-18)27-22-12-13-30-28(22)26(17(2)31-27)29(36)33-21-9-7-20(8-10-21)32-25(35)15-34/h6,11-14,19-21,27,30-31,34H,3-5,7-10,15-16H2,1-2H3,(H,32,35)(H,33,36). The van der Waals surface area contributed by atoms with Crippen LogP contribution in [0.4, 0.5) is 0 Å². The number of benzene rings is 1. The third kappa shape index (κ3) is 5.69. The second-order valence-electron chi connectivity index (χ2n) is 10.6. The van der Waals surface area contributed by atoms with Crippen LogP contribution >= 0.6 is 0 Å². The maximum absolute atomic E-state index is 13.5. The van der Waals surface area contributed by atoms with Gasteiger partial charge in [0.1, 0.15) is 12.4 Å². The molecule has 1 aromatic heterocycles. The number of allylic oxidation sites excluding steroid dienone is 1. The van der Waals surface area contributed by atoms with E-state index in [9.17, 15) is 9.59 Å². The molecule has 2 saturated carbocycles. The molecule has 0 bridgehead atoms. The lowest BCUT2D eigenvalue weighted by Crippen LogP contribution is -2.45. The Bertz CT molecular complexity index is 1170. The molecule has 1 aromatic carbocycles. The molecule has 8 nitrogen and oxygen atoms in total. The van der Waals surface area contributed by atoms with Crippen LogP contribution in [0.1, 0.15) is 80.8 Å². The molecule has 1 atom stereocenters. The number of fused-ring (bicyclic) bond motifs is 1. The first-order valence-corrected chi connectivity index (χ1v) is 13.6. The summed E-state index contributed by atoms with van der Waals surface area (Å²) in [6, 6.07) is 8.49. The van der Waals surface area contributed by atoms with E-state index in [4.69, 9.17) is 9.84 Å². The molecule has 1 aliphatic heterocycles. The van der Waals surface area contributed by atoms with E-state index in [0.717, 1.165) is 67.0 Å². The van der Waals surface area contributed by atoms with Gasteiger partial charge in [0.15, 0.2) is 0 Å². The van der Waals surface area contributed by atoms with Gasteiger partial charge < -0.3 is 30.8 Å². The van der Waals surface area contributed by atoms with Gasteiger partial charge in [-0.05, 0) is 81.5 Å². The fraction of sp³-hybridized carbons (Fsp3) is 0.517. The number of aromatic amines is 1. The third-order valence-electron chi connectivity index (χ3n) is 7.84. The van der Waals surface area contributed by atoms with Gasteiger partial charge in [0, 0.05) is 35.1 Å². The molecule has 2 fully saturated rings. The normalized spacial score (nSPS) is 23.2. The van der Waals surface area contributed by atoms with Crippen LogP contribution < -0.4 is 20.7 Å². The Hall–Kier alpha value is -3.26. The molecule has 8 heteroatoms. The maximum atomic E-state index is 13.5. The molecular weight excluding hydrogens is 468 g/mol. The van der Waals surface area contributed by atoms with Gasteiger partial charge in [-0.3, -0.25) is 9.59 Å². The fourth-order valence-electron chi connectivity index (χ4n) is 5.50. The van der Waals surface area contributed by atoms with Crippen LogP contribution in [-0.4, -0.2) is 47.2 Å². The molecule has 198 valence electrons. The van der Waals surface area contributed by atoms with Gasteiger partial charge in [-0.15, -0.1) is 0 Å². The van der Waals surface area contributed by atoms with Gasteiger partial charge >= 0.3 is 0 Å². The molecule has 5 rings (SSSR count). The molecule has 0 saturated heterocycles. The van der Waals surface area contributed by atoms with Crippen LogP contribution in [0.5, 0.6) is 5.75 Å². The maximum Gasteiger partial charge on any atom is 0.255 e. The summed E-state index contributed by atoms with van der Waals surface area (Å²) in [6.07, 6.45) is 8.45. The lowest BCUT2D eigenvalue weighted by atomic mass is 9.88. The van der Waals surface area contributed by atoms with Crippen molar-refractivity contribution in [1.82, 2.24) is 20.9 Å². The zero-order valence-electron chi connectivity index (χ0n) is 21.7. The first-order valence-electron chi connectivity index (χ1n) is 13.6. The average molecular weight is 507 g/mol. The Balaban J connectivity index is 1.32. The minimum Gasteiger partial charge on any atom is -0.493 e. The number of hydrogen-bond acceptors (Lipinski definition) is 5. The Kier molecular flexibility index (Phi) is 7.55. The van der Waals surface area contributed by atoms with Crippen molar-refractivity contribution >= 4 is 17.4 Å². The van der Waals surface area contributed by atoms with Crippen molar-refractivity contribution in [2.75, 3.05) is 13.2 Å².